The Bertz CT molecular complexity index is 1340. The molecule has 0 aromatic heterocycles. The van der Waals surface area contributed by atoms with Gasteiger partial charge >= 0.3 is 0 Å². The predicted octanol–water partition coefficient (Wildman–Crippen LogP) is 4.06. The molecular formula is C26H29N3O5S. The zero-order valence-corrected chi connectivity index (χ0v) is 21.2. The van der Waals surface area contributed by atoms with Crippen LogP contribution in [-0.2, 0) is 14.8 Å². The summed E-state index contributed by atoms with van der Waals surface area (Å²) in [5, 5.41) is 4.16. The van der Waals surface area contributed by atoms with Crippen molar-refractivity contribution in [3.05, 3.63) is 83.4 Å². The third kappa shape index (κ3) is 5.99. The number of benzene rings is 3. The molecule has 0 aliphatic rings. The van der Waals surface area contributed by atoms with Gasteiger partial charge in [-0.3, -0.25) is 9.10 Å². The van der Waals surface area contributed by atoms with Crippen LogP contribution in [0.4, 0.5) is 5.69 Å². The first kappa shape index (κ1) is 25.8. The minimum absolute atomic E-state index is 0.0952. The fourth-order valence-electron chi connectivity index (χ4n) is 3.54. The number of nitrogens with one attached hydrogen (secondary N) is 1. The minimum atomic E-state index is -4.00. The van der Waals surface area contributed by atoms with E-state index in [4.69, 9.17) is 9.47 Å². The molecule has 3 aromatic rings. The average Bonchev–Trinajstić information content (AvgIpc) is 2.86. The molecule has 184 valence electrons. The highest BCUT2D eigenvalue weighted by atomic mass is 32.2. The average molecular weight is 496 g/mol. The van der Waals surface area contributed by atoms with Gasteiger partial charge < -0.3 is 9.47 Å². The molecule has 0 saturated heterocycles. The summed E-state index contributed by atoms with van der Waals surface area (Å²) >= 11 is 0. The van der Waals surface area contributed by atoms with Gasteiger partial charge in [0, 0.05) is 5.56 Å². The van der Waals surface area contributed by atoms with E-state index in [9.17, 15) is 13.2 Å². The van der Waals surface area contributed by atoms with Crippen molar-refractivity contribution in [3.8, 4) is 11.5 Å². The van der Waals surface area contributed by atoms with E-state index in [2.05, 4.69) is 10.5 Å². The molecule has 1 N–H and O–H groups in total. The summed E-state index contributed by atoms with van der Waals surface area (Å²) in [7, 11) is -0.921. The molecule has 0 aliphatic carbocycles. The maximum Gasteiger partial charge on any atom is 0.264 e. The minimum Gasteiger partial charge on any atom is -0.493 e. The van der Waals surface area contributed by atoms with Crippen molar-refractivity contribution < 1.29 is 22.7 Å². The summed E-state index contributed by atoms with van der Waals surface area (Å²) in [5.41, 5.74) is 5.86. The fourth-order valence-corrected chi connectivity index (χ4v) is 5.05. The predicted molar refractivity (Wildman–Crippen MR) is 137 cm³/mol. The normalized spacial score (nSPS) is 11.6. The van der Waals surface area contributed by atoms with Crippen LogP contribution in [0.2, 0.25) is 0 Å². The molecule has 0 saturated carbocycles. The van der Waals surface area contributed by atoms with E-state index in [0.717, 1.165) is 15.4 Å². The van der Waals surface area contributed by atoms with Crippen LogP contribution in [0.15, 0.2) is 76.7 Å². The topological polar surface area (TPSA) is 97.3 Å². The SMILES string of the molecule is COc1ccc(/C(C)=N\NC(=O)CN(c2ccc(C)cc2C)S(=O)(=O)c2ccccc2)cc1OC. The Morgan fingerprint density at radius 2 is 1.63 bits per heavy atom. The van der Waals surface area contributed by atoms with Crippen LogP contribution in [0.1, 0.15) is 23.6 Å². The number of methoxy groups -OCH3 is 2. The second kappa shape index (κ2) is 11.1. The second-order valence-corrected chi connectivity index (χ2v) is 9.78. The highest BCUT2D eigenvalue weighted by Crippen LogP contribution is 2.28. The Hall–Kier alpha value is -3.85. The van der Waals surface area contributed by atoms with E-state index in [-0.39, 0.29) is 4.90 Å². The van der Waals surface area contributed by atoms with Gasteiger partial charge in [-0.05, 0) is 62.7 Å². The third-order valence-electron chi connectivity index (χ3n) is 5.39. The molecule has 0 atom stereocenters. The number of ether oxygens (including phenoxy) is 2. The molecular weight excluding hydrogens is 466 g/mol. The van der Waals surface area contributed by atoms with Gasteiger partial charge in [0.25, 0.3) is 15.9 Å². The Morgan fingerprint density at radius 3 is 2.26 bits per heavy atom. The molecule has 35 heavy (non-hydrogen) atoms. The number of hydrazone groups is 1. The Morgan fingerprint density at radius 1 is 0.943 bits per heavy atom. The first-order valence-electron chi connectivity index (χ1n) is 10.9. The molecule has 0 radical (unpaired) electrons. The van der Waals surface area contributed by atoms with E-state index in [1.165, 1.54) is 19.2 Å². The quantitative estimate of drug-likeness (QED) is 0.357. The summed E-state index contributed by atoms with van der Waals surface area (Å²) < 4.78 is 38.6. The van der Waals surface area contributed by atoms with Gasteiger partial charge in [0.15, 0.2) is 11.5 Å². The summed E-state index contributed by atoms with van der Waals surface area (Å²) in [6, 6.07) is 18.7. The van der Waals surface area contributed by atoms with Gasteiger partial charge in [0.2, 0.25) is 0 Å². The van der Waals surface area contributed by atoms with Crippen LogP contribution in [0, 0.1) is 13.8 Å². The van der Waals surface area contributed by atoms with E-state index < -0.39 is 22.5 Å². The molecule has 3 aromatic carbocycles. The van der Waals surface area contributed by atoms with Crippen molar-refractivity contribution in [1.82, 2.24) is 5.43 Å². The number of sulfonamides is 1. The molecule has 0 heterocycles. The standard InChI is InChI=1S/C26H29N3O5S/c1-18-11-13-23(19(2)15-18)29(35(31,32)22-9-7-6-8-10-22)17-26(30)28-27-20(3)21-12-14-24(33-4)25(16-21)34-5/h6-16H,17H2,1-5H3,(H,28,30)/b27-20-. The number of anilines is 1. The first-order valence-corrected chi connectivity index (χ1v) is 12.3. The number of nitrogens with zero attached hydrogens (tertiary/aromatic N) is 2. The number of aryl methyl sites for hydroxylation is 2. The van der Waals surface area contributed by atoms with E-state index in [1.807, 2.05) is 26.0 Å². The maximum absolute atomic E-state index is 13.5. The van der Waals surface area contributed by atoms with Crippen LogP contribution in [0.25, 0.3) is 0 Å². The monoisotopic (exact) mass is 495 g/mol. The maximum atomic E-state index is 13.5. The summed E-state index contributed by atoms with van der Waals surface area (Å²) in [6.07, 6.45) is 0. The zero-order valence-electron chi connectivity index (χ0n) is 20.4. The van der Waals surface area contributed by atoms with Crippen molar-refractivity contribution in [2.75, 3.05) is 25.1 Å². The number of rotatable bonds is 9. The molecule has 0 unspecified atom stereocenters. The van der Waals surface area contributed by atoms with Gasteiger partial charge in [-0.25, -0.2) is 13.8 Å². The number of amides is 1. The summed E-state index contributed by atoms with van der Waals surface area (Å²) in [6.45, 7) is 5.02. The van der Waals surface area contributed by atoms with Gasteiger partial charge in [-0.15, -0.1) is 0 Å². The zero-order chi connectivity index (χ0) is 25.6. The number of hydrogen-bond donors (Lipinski definition) is 1. The third-order valence-corrected chi connectivity index (χ3v) is 7.16. The Balaban J connectivity index is 1.88. The van der Waals surface area contributed by atoms with Crippen molar-refractivity contribution in [2.45, 2.75) is 25.7 Å². The molecule has 3 rings (SSSR count). The van der Waals surface area contributed by atoms with E-state index in [0.29, 0.717) is 28.5 Å². The highest BCUT2D eigenvalue weighted by molar-refractivity contribution is 7.92. The van der Waals surface area contributed by atoms with E-state index in [1.54, 1.807) is 56.5 Å². The molecule has 8 nitrogen and oxygen atoms in total. The molecule has 0 fully saturated rings. The Labute approximate surface area is 206 Å². The molecule has 9 heteroatoms. The van der Waals surface area contributed by atoms with Crippen LogP contribution < -0.4 is 19.2 Å². The number of hydrogen-bond acceptors (Lipinski definition) is 6. The molecule has 1 amide bonds. The van der Waals surface area contributed by atoms with E-state index >= 15 is 0 Å². The van der Waals surface area contributed by atoms with Crippen molar-refractivity contribution in [2.24, 2.45) is 5.10 Å². The largest absolute Gasteiger partial charge is 0.493 e. The number of carbonyl (C=O) groups is 1. The lowest BCUT2D eigenvalue weighted by molar-refractivity contribution is -0.119. The van der Waals surface area contributed by atoms with Gasteiger partial charge in [0.05, 0.1) is 30.5 Å². The van der Waals surface area contributed by atoms with Crippen LogP contribution in [-0.4, -0.2) is 40.8 Å². The molecule has 0 spiro atoms. The van der Waals surface area contributed by atoms with Gasteiger partial charge in [-0.2, -0.15) is 5.10 Å². The first-order chi connectivity index (χ1) is 16.7. The van der Waals surface area contributed by atoms with Crippen molar-refractivity contribution >= 4 is 27.3 Å². The fraction of sp³-hybridized carbons (Fsp3) is 0.231. The summed E-state index contributed by atoms with van der Waals surface area (Å²) in [4.78, 5) is 13.0. The van der Waals surface area contributed by atoms with Gasteiger partial charge in [-0.1, -0.05) is 35.9 Å². The van der Waals surface area contributed by atoms with Gasteiger partial charge in [0.1, 0.15) is 6.54 Å². The lowest BCUT2D eigenvalue weighted by Gasteiger charge is -2.25. The lowest BCUT2D eigenvalue weighted by atomic mass is 10.1. The smallest absolute Gasteiger partial charge is 0.264 e. The van der Waals surface area contributed by atoms with Crippen LogP contribution >= 0.6 is 0 Å². The van der Waals surface area contributed by atoms with Crippen LogP contribution in [0.5, 0.6) is 11.5 Å². The summed E-state index contributed by atoms with van der Waals surface area (Å²) in [5.74, 6) is 0.522. The van der Waals surface area contributed by atoms with Crippen LogP contribution in [0.3, 0.4) is 0 Å². The molecule has 0 aliphatic heterocycles. The second-order valence-electron chi connectivity index (χ2n) is 7.92. The molecule has 0 bridgehead atoms. The Kier molecular flexibility index (Phi) is 8.14. The van der Waals surface area contributed by atoms with Crippen molar-refractivity contribution in [3.63, 3.8) is 0 Å². The number of carbonyl (C=O) groups excluding carboxylic acids is 1. The highest BCUT2D eigenvalue weighted by Gasteiger charge is 2.28. The van der Waals surface area contributed by atoms with Crippen molar-refractivity contribution in [1.29, 1.82) is 0 Å². The lowest BCUT2D eigenvalue weighted by Crippen LogP contribution is -2.40.